The van der Waals surface area contributed by atoms with Gasteiger partial charge < -0.3 is 5.32 Å². The lowest BCUT2D eigenvalue weighted by atomic mass is 10.1. The molecular weight excluding hydrogens is 230 g/mol. The lowest BCUT2D eigenvalue weighted by Gasteiger charge is -2.11. The summed E-state index contributed by atoms with van der Waals surface area (Å²) >= 11 is 1.67. The van der Waals surface area contributed by atoms with Crippen LogP contribution in [0.25, 0.3) is 0 Å². The van der Waals surface area contributed by atoms with E-state index in [1.165, 1.54) is 11.1 Å². The first kappa shape index (κ1) is 14.1. The lowest BCUT2D eigenvalue weighted by molar-refractivity contribution is -0.119. The quantitative estimate of drug-likeness (QED) is 0.841. The van der Waals surface area contributed by atoms with Gasteiger partial charge in [-0.25, -0.2) is 0 Å². The molecule has 0 aliphatic carbocycles. The first-order valence-electron chi connectivity index (χ1n) is 6.05. The standard InChI is InChI=1S/C14H21NOS/c1-4-12(3)15-14(16)10-17-9-13-8-6-5-7-11(13)2/h5-8,12H,4,9-10H2,1-3H3,(H,15,16)/t12-/m0/s1. The van der Waals surface area contributed by atoms with Crippen molar-refractivity contribution in [2.24, 2.45) is 0 Å². The number of amides is 1. The molecular formula is C14H21NOS. The molecule has 3 heteroatoms. The first-order chi connectivity index (χ1) is 8.13. The summed E-state index contributed by atoms with van der Waals surface area (Å²) in [5.41, 5.74) is 2.61. The molecule has 1 rings (SSSR count). The minimum Gasteiger partial charge on any atom is -0.353 e. The molecule has 0 fully saturated rings. The van der Waals surface area contributed by atoms with Crippen LogP contribution in [0.1, 0.15) is 31.4 Å². The number of carbonyl (C=O) groups is 1. The van der Waals surface area contributed by atoms with Gasteiger partial charge in [0.05, 0.1) is 5.75 Å². The van der Waals surface area contributed by atoms with Crippen LogP contribution in [0.15, 0.2) is 24.3 Å². The molecule has 0 radical (unpaired) electrons. The zero-order valence-corrected chi connectivity index (χ0v) is 11.6. The van der Waals surface area contributed by atoms with Crippen LogP contribution < -0.4 is 5.32 Å². The molecule has 2 nitrogen and oxygen atoms in total. The smallest absolute Gasteiger partial charge is 0.230 e. The highest BCUT2D eigenvalue weighted by molar-refractivity contribution is 7.99. The van der Waals surface area contributed by atoms with Gasteiger partial charge in [0.1, 0.15) is 0 Å². The third-order valence-corrected chi connectivity index (χ3v) is 3.75. The highest BCUT2D eigenvalue weighted by Gasteiger charge is 2.05. The maximum atomic E-state index is 11.6. The van der Waals surface area contributed by atoms with Gasteiger partial charge in [0.25, 0.3) is 0 Å². The van der Waals surface area contributed by atoms with Gasteiger partial charge in [-0.3, -0.25) is 4.79 Å². The number of aryl methyl sites for hydroxylation is 1. The van der Waals surface area contributed by atoms with Crippen molar-refractivity contribution in [2.45, 2.75) is 39.0 Å². The molecule has 1 atom stereocenters. The van der Waals surface area contributed by atoms with Crippen molar-refractivity contribution < 1.29 is 4.79 Å². The van der Waals surface area contributed by atoms with Gasteiger partial charge in [0.15, 0.2) is 0 Å². The Morgan fingerprint density at radius 2 is 2.12 bits per heavy atom. The Morgan fingerprint density at radius 1 is 1.41 bits per heavy atom. The predicted octanol–water partition coefficient (Wildman–Crippen LogP) is 3.14. The van der Waals surface area contributed by atoms with E-state index >= 15 is 0 Å². The molecule has 1 aromatic carbocycles. The van der Waals surface area contributed by atoms with E-state index in [1.807, 2.05) is 19.1 Å². The van der Waals surface area contributed by atoms with Crippen molar-refractivity contribution in [3.8, 4) is 0 Å². The van der Waals surface area contributed by atoms with E-state index in [9.17, 15) is 4.79 Å². The number of thioether (sulfide) groups is 1. The molecule has 0 saturated carbocycles. The summed E-state index contributed by atoms with van der Waals surface area (Å²) in [4.78, 5) is 11.6. The van der Waals surface area contributed by atoms with E-state index in [0.717, 1.165) is 12.2 Å². The third-order valence-electron chi connectivity index (χ3n) is 2.77. The molecule has 0 saturated heterocycles. The molecule has 0 aliphatic rings. The number of benzene rings is 1. The third kappa shape index (κ3) is 5.26. The normalized spacial score (nSPS) is 12.2. The molecule has 0 heterocycles. The summed E-state index contributed by atoms with van der Waals surface area (Å²) in [6.45, 7) is 6.21. The molecule has 0 spiro atoms. The minimum absolute atomic E-state index is 0.137. The van der Waals surface area contributed by atoms with Crippen molar-refractivity contribution in [2.75, 3.05) is 5.75 Å². The van der Waals surface area contributed by atoms with Crippen LogP contribution in [0.4, 0.5) is 0 Å². The number of hydrogen-bond acceptors (Lipinski definition) is 2. The summed E-state index contributed by atoms with van der Waals surface area (Å²) in [5, 5.41) is 2.97. The Balaban J connectivity index is 2.29. The van der Waals surface area contributed by atoms with Gasteiger partial charge in [0.2, 0.25) is 5.91 Å². The topological polar surface area (TPSA) is 29.1 Å². The maximum Gasteiger partial charge on any atom is 0.230 e. The van der Waals surface area contributed by atoms with E-state index in [4.69, 9.17) is 0 Å². The predicted molar refractivity (Wildman–Crippen MR) is 75.2 cm³/mol. The molecule has 1 amide bonds. The van der Waals surface area contributed by atoms with Gasteiger partial charge >= 0.3 is 0 Å². The Morgan fingerprint density at radius 3 is 2.76 bits per heavy atom. The largest absolute Gasteiger partial charge is 0.353 e. The maximum absolute atomic E-state index is 11.6. The molecule has 0 unspecified atom stereocenters. The highest BCUT2D eigenvalue weighted by Crippen LogP contribution is 2.15. The highest BCUT2D eigenvalue weighted by atomic mass is 32.2. The number of nitrogens with one attached hydrogen (secondary N) is 1. The average Bonchev–Trinajstić information content (AvgIpc) is 2.31. The van der Waals surface area contributed by atoms with Gasteiger partial charge in [-0.15, -0.1) is 11.8 Å². The Hall–Kier alpha value is -0.960. The van der Waals surface area contributed by atoms with Gasteiger partial charge in [0, 0.05) is 11.8 Å². The van der Waals surface area contributed by atoms with Crippen LogP contribution in [0, 0.1) is 6.92 Å². The van der Waals surface area contributed by atoms with E-state index in [-0.39, 0.29) is 11.9 Å². The fourth-order valence-electron chi connectivity index (χ4n) is 1.44. The van der Waals surface area contributed by atoms with Gasteiger partial charge in [-0.05, 0) is 31.4 Å². The average molecular weight is 251 g/mol. The molecule has 1 aromatic rings. The van der Waals surface area contributed by atoms with Crippen LogP contribution in [-0.2, 0) is 10.5 Å². The van der Waals surface area contributed by atoms with Crippen molar-refractivity contribution in [1.82, 2.24) is 5.32 Å². The minimum atomic E-state index is 0.137. The summed E-state index contributed by atoms with van der Waals surface area (Å²) < 4.78 is 0. The van der Waals surface area contributed by atoms with Crippen LogP contribution in [0.5, 0.6) is 0 Å². The van der Waals surface area contributed by atoms with E-state index in [1.54, 1.807) is 11.8 Å². The summed E-state index contributed by atoms with van der Waals surface area (Å²) in [5.74, 6) is 1.58. The molecule has 0 aromatic heterocycles. The Labute approximate surface area is 108 Å². The Kier molecular flexibility index (Phi) is 6.12. The van der Waals surface area contributed by atoms with Crippen LogP contribution in [0.2, 0.25) is 0 Å². The van der Waals surface area contributed by atoms with Gasteiger partial charge in [-0.2, -0.15) is 0 Å². The van der Waals surface area contributed by atoms with E-state index in [2.05, 4.69) is 31.3 Å². The molecule has 0 aliphatic heterocycles. The number of hydrogen-bond donors (Lipinski definition) is 1. The number of carbonyl (C=O) groups excluding carboxylic acids is 1. The Bertz CT molecular complexity index is 365. The summed E-state index contributed by atoms with van der Waals surface area (Å²) in [6.07, 6.45) is 0.980. The second-order valence-electron chi connectivity index (χ2n) is 4.30. The zero-order valence-electron chi connectivity index (χ0n) is 10.8. The van der Waals surface area contributed by atoms with Crippen molar-refractivity contribution in [3.63, 3.8) is 0 Å². The van der Waals surface area contributed by atoms with Gasteiger partial charge in [-0.1, -0.05) is 31.2 Å². The van der Waals surface area contributed by atoms with Crippen LogP contribution >= 0.6 is 11.8 Å². The number of rotatable bonds is 6. The SMILES string of the molecule is CC[C@H](C)NC(=O)CSCc1ccccc1C. The first-order valence-corrected chi connectivity index (χ1v) is 7.20. The van der Waals surface area contributed by atoms with Crippen LogP contribution in [0.3, 0.4) is 0 Å². The monoisotopic (exact) mass is 251 g/mol. The second kappa shape index (κ2) is 7.38. The van der Waals surface area contributed by atoms with E-state index in [0.29, 0.717) is 5.75 Å². The fourth-order valence-corrected chi connectivity index (χ4v) is 2.36. The van der Waals surface area contributed by atoms with Crippen molar-refractivity contribution in [1.29, 1.82) is 0 Å². The summed E-state index contributed by atoms with van der Waals surface area (Å²) in [7, 11) is 0. The van der Waals surface area contributed by atoms with Crippen molar-refractivity contribution in [3.05, 3.63) is 35.4 Å². The molecule has 0 bridgehead atoms. The van der Waals surface area contributed by atoms with Crippen LogP contribution in [-0.4, -0.2) is 17.7 Å². The molecule has 94 valence electrons. The molecule has 17 heavy (non-hydrogen) atoms. The van der Waals surface area contributed by atoms with E-state index < -0.39 is 0 Å². The zero-order chi connectivity index (χ0) is 12.7. The van der Waals surface area contributed by atoms with Crippen molar-refractivity contribution >= 4 is 17.7 Å². The molecule has 1 N–H and O–H groups in total. The fraction of sp³-hybridized carbons (Fsp3) is 0.500. The lowest BCUT2D eigenvalue weighted by Crippen LogP contribution is -2.33. The summed E-state index contributed by atoms with van der Waals surface area (Å²) in [6, 6.07) is 8.59. The second-order valence-corrected chi connectivity index (χ2v) is 5.28.